The maximum absolute atomic E-state index is 3.54. The van der Waals surface area contributed by atoms with Gasteiger partial charge in [-0.05, 0) is 71.2 Å². The highest BCUT2D eigenvalue weighted by atomic mass is 15.3. The molecule has 3 nitrogen and oxygen atoms in total. The van der Waals surface area contributed by atoms with E-state index in [0.29, 0.717) is 0 Å². The van der Waals surface area contributed by atoms with Gasteiger partial charge in [0.25, 0.3) is 0 Å². The normalized spacial score (nSPS) is 27.4. The minimum Gasteiger partial charge on any atom is -0.316 e. The lowest BCUT2D eigenvalue weighted by atomic mass is 10.1. The second kappa shape index (κ2) is 9.12. The second-order valence-electron chi connectivity index (χ2n) is 7.65. The van der Waals surface area contributed by atoms with Gasteiger partial charge in [-0.1, -0.05) is 26.7 Å². The molecular weight excluding hydrogens is 258 g/mol. The Balaban J connectivity index is 1.48. The van der Waals surface area contributed by atoms with Crippen LogP contribution in [0.4, 0.5) is 0 Å². The minimum absolute atomic E-state index is 0.779. The van der Waals surface area contributed by atoms with Gasteiger partial charge in [0.15, 0.2) is 0 Å². The van der Waals surface area contributed by atoms with Crippen molar-refractivity contribution in [1.29, 1.82) is 0 Å². The first-order chi connectivity index (χ1) is 10.2. The molecule has 0 amide bonds. The standard InChI is InChI=1S/C18H37N3/c1-16(2)14-19-11-6-4-5-7-12-21-13-10-17-8-9-18(15-21)20(17)3/h16-19H,4-15H2,1-3H3. The minimum atomic E-state index is 0.779. The summed E-state index contributed by atoms with van der Waals surface area (Å²) < 4.78 is 0. The molecule has 0 aromatic rings. The van der Waals surface area contributed by atoms with E-state index in [-0.39, 0.29) is 0 Å². The van der Waals surface area contributed by atoms with Crippen LogP contribution in [0.15, 0.2) is 0 Å². The summed E-state index contributed by atoms with van der Waals surface area (Å²) in [6.45, 7) is 10.9. The molecule has 0 saturated carbocycles. The van der Waals surface area contributed by atoms with Crippen LogP contribution in [0.25, 0.3) is 0 Å². The van der Waals surface area contributed by atoms with Crippen LogP contribution in [0.2, 0.25) is 0 Å². The van der Waals surface area contributed by atoms with E-state index in [0.717, 1.165) is 18.0 Å². The highest BCUT2D eigenvalue weighted by molar-refractivity contribution is 4.90. The van der Waals surface area contributed by atoms with E-state index in [2.05, 4.69) is 36.0 Å². The van der Waals surface area contributed by atoms with Crippen molar-refractivity contribution in [1.82, 2.24) is 15.1 Å². The molecule has 0 aromatic carbocycles. The number of likely N-dealkylation sites (tertiary alicyclic amines) is 1. The first-order valence-corrected chi connectivity index (χ1v) is 9.32. The molecule has 0 aliphatic carbocycles. The van der Waals surface area contributed by atoms with Crippen LogP contribution in [-0.2, 0) is 0 Å². The lowest BCUT2D eigenvalue weighted by Crippen LogP contribution is -2.37. The summed E-state index contributed by atoms with van der Waals surface area (Å²) in [6.07, 6.45) is 9.81. The number of rotatable bonds is 9. The Morgan fingerprint density at radius 3 is 2.57 bits per heavy atom. The topological polar surface area (TPSA) is 18.5 Å². The Hall–Kier alpha value is -0.120. The number of likely N-dealkylation sites (N-methyl/N-ethyl adjacent to an activating group) is 1. The lowest BCUT2D eigenvalue weighted by Gasteiger charge is -2.25. The molecule has 0 radical (unpaired) electrons. The Morgan fingerprint density at radius 2 is 1.76 bits per heavy atom. The molecule has 0 aromatic heterocycles. The smallest absolute Gasteiger partial charge is 0.0223 e. The SMILES string of the molecule is CC(C)CNCCCCCCN1CCC2CCC(C1)N2C. The first-order valence-electron chi connectivity index (χ1n) is 9.32. The zero-order valence-corrected chi connectivity index (χ0v) is 14.6. The Labute approximate surface area is 132 Å². The van der Waals surface area contributed by atoms with Crippen molar-refractivity contribution in [2.75, 3.05) is 39.8 Å². The fourth-order valence-corrected chi connectivity index (χ4v) is 3.91. The molecular formula is C18H37N3. The summed E-state index contributed by atoms with van der Waals surface area (Å²) in [5, 5.41) is 3.54. The number of unbranched alkanes of at least 4 members (excludes halogenated alkanes) is 3. The molecule has 2 heterocycles. The van der Waals surface area contributed by atoms with E-state index in [1.807, 2.05) is 0 Å². The third-order valence-electron chi connectivity index (χ3n) is 5.36. The van der Waals surface area contributed by atoms with Crippen molar-refractivity contribution >= 4 is 0 Å². The fraction of sp³-hybridized carbons (Fsp3) is 1.00. The van der Waals surface area contributed by atoms with Gasteiger partial charge < -0.3 is 10.2 Å². The summed E-state index contributed by atoms with van der Waals surface area (Å²) in [5.74, 6) is 0.779. The highest BCUT2D eigenvalue weighted by Crippen LogP contribution is 2.28. The van der Waals surface area contributed by atoms with Crippen LogP contribution >= 0.6 is 0 Å². The molecule has 2 atom stereocenters. The zero-order valence-electron chi connectivity index (χ0n) is 14.6. The summed E-state index contributed by atoms with van der Waals surface area (Å²) >= 11 is 0. The van der Waals surface area contributed by atoms with E-state index in [1.165, 1.54) is 77.7 Å². The van der Waals surface area contributed by atoms with Gasteiger partial charge >= 0.3 is 0 Å². The van der Waals surface area contributed by atoms with Gasteiger partial charge in [-0.2, -0.15) is 0 Å². The van der Waals surface area contributed by atoms with Crippen molar-refractivity contribution in [3.05, 3.63) is 0 Å². The highest BCUT2D eigenvalue weighted by Gasteiger charge is 2.34. The molecule has 124 valence electrons. The second-order valence-corrected chi connectivity index (χ2v) is 7.65. The van der Waals surface area contributed by atoms with Gasteiger partial charge in [0.1, 0.15) is 0 Å². The van der Waals surface area contributed by atoms with E-state index < -0.39 is 0 Å². The number of hydrogen-bond acceptors (Lipinski definition) is 3. The van der Waals surface area contributed by atoms with Crippen LogP contribution in [0.1, 0.15) is 58.8 Å². The predicted octanol–water partition coefficient (Wildman–Crippen LogP) is 2.96. The molecule has 2 aliphatic heterocycles. The van der Waals surface area contributed by atoms with Crippen molar-refractivity contribution in [3.8, 4) is 0 Å². The van der Waals surface area contributed by atoms with E-state index >= 15 is 0 Å². The molecule has 2 saturated heterocycles. The lowest BCUT2D eigenvalue weighted by molar-refractivity contribution is 0.216. The largest absolute Gasteiger partial charge is 0.316 e. The van der Waals surface area contributed by atoms with Crippen molar-refractivity contribution in [2.24, 2.45) is 5.92 Å². The van der Waals surface area contributed by atoms with Crippen LogP contribution < -0.4 is 5.32 Å². The van der Waals surface area contributed by atoms with Crippen LogP contribution in [0, 0.1) is 5.92 Å². The molecule has 0 spiro atoms. The quantitative estimate of drug-likeness (QED) is 0.660. The summed E-state index contributed by atoms with van der Waals surface area (Å²) in [4.78, 5) is 5.39. The molecule has 2 aliphatic rings. The van der Waals surface area contributed by atoms with Gasteiger partial charge in [0.05, 0.1) is 0 Å². The maximum atomic E-state index is 3.54. The van der Waals surface area contributed by atoms with Gasteiger partial charge in [0, 0.05) is 18.6 Å². The van der Waals surface area contributed by atoms with Crippen LogP contribution in [0.3, 0.4) is 0 Å². The van der Waals surface area contributed by atoms with Crippen molar-refractivity contribution in [2.45, 2.75) is 70.9 Å². The fourth-order valence-electron chi connectivity index (χ4n) is 3.91. The molecule has 21 heavy (non-hydrogen) atoms. The average molecular weight is 296 g/mol. The van der Waals surface area contributed by atoms with E-state index in [4.69, 9.17) is 0 Å². The molecule has 2 unspecified atom stereocenters. The number of nitrogens with zero attached hydrogens (tertiary/aromatic N) is 2. The maximum Gasteiger partial charge on any atom is 0.0223 e. The van der Waals surface area contributed by atoms with Crippen LogP contribution in [0.5, 0.6) is 0 Å². The molecule has 1 N–H and O–H groups in total. The molecule has 2 rings (SSSR count). The molecule has 3 heteroatoms. The average Bonchev–Trinajstić information content (AvgIpc) is 2.68. The third-order valence-corrected chi connectivity index (χ3v) is 5.36. The number of fused-ring (bicyclic) bond motifs is 2. The molecule has 2 fully saturated rings. The van der Waals surface area contributed by atoms with Crippen LogP contribution in [-0.4, -0.2) is 61.7 Å². The van der Waals surface area contributed by atoms with Gasteiger partial charge in [-0.15, -0.1) is 0 Å². The predicted molar refractivity (Wildman–Crippen MR) is 91.8 cm³/mol. The first kappa shape index (κ1) is 17.2. The summed E-state index contributed by atoms with van der Waals surface area (Å²) in [5.41, 5.74) is 0. The third kappa shape index (κ3) is 5.88. The zero-order chi connectivity index (χ0) is 15.1. The summed E-state index contributed by atoms with van der Waals surface area (Å²) in [7, 11) is 2.34. The monoisotopic (exact) mass is 295 g/mol. The van der Waals surface area contributed by atoms with Gasteiger partial charge in [-0.25, -0.2) is 0 Å². The number of nitrogens with one attached hydrogen (secondary N) is 1. The summed E-state index contributed by atoms with van der Waals surface area (Å²) in [6, 6.07) is 1.73. The molecule has 2 bridgehead atoms. The Morgan fingerprint density at radius 1 is 1.00 bits per heavy atom. The van der Waals surface area contributed by atoms with Crippen molar-refractivity contribution < 1.29 is 0 Å². The Bertz CT molecular complexity index is 280. The van der Waals surface area contributed by atoms with Gasteiger partial charge in [0.2, 0.25) is 0 Å². The Kier molecular flexibility index (Phi) is 7.48. The van der Waals surface area contributed by atoms with E-state index in [9.17, 15) is 0 Å². The van der Waals surface area contributed by atoms with E-state index in [1.54, 1.807) is 0 Å². The van der Waals surface area contributed by atoms with Gasteiger partial charge in [-0.3, -0.25) is 4.90 Å². The van der Waals surface area contributed by atoms with Crippen molar-refractivity contribution in [3.63, 3.8) is 0 Å². The number of hydrogen-bond donors (Lipinski definition) is 1.